The Balaban J connectivity index is 2.19. The van der Waals surface area contributed by atoms with E-state index >= 15 is 0 Å². The quantitative estimate of drug-likeness (QED) is 0.588. The summed E-state index contributed by atoms with van der Waals surface area (Å²) in [5, 5.41) is 3.79. The number of hydrogen-bond donors (Lipinski definition) is 1. The molecule has 0 spiro atoms. The van der Waals surface area contributed by atoms with Gasteiger partial charge in [-0.1, -0.05) is 72.9 Å². The predicted octanol–water partition coefficient (Wildman–Crippen LogP) is 4.87. The van der Waals surface area contributed by atoms with Crippen LogP contribution in [0.4, 0.5) is 0 Å². The third-order valence-corrected chi connectivity index (χ3v) is 5.27. The van der Waals surface area contributed by atoms with Crippen LogP contribution in [0.15, 0.2) is 48.5 Å². The third-order valence-electron chi connectivity index (χ3n) is 4.53. The van der Waals surface area contributed by atoms with Gasteiger partial charge in [-0.25, -0.2) is 0 Å². The molecule has 2 rings (SSSR count). The Morgan fingerprint density at radius 1 is 1.04 bits per heavy atom. The number of carbonyl (C=O) groups excluding carboxylic acids is 2. The Hall–Kier alpha value is -2.04. The number of nitrogens with zero attached hydrogens (tertiary/aromatic N) is 1. The highest BCUT2D eigenvalue weighted by atomic mass is 35.5. The molecule has 0 heterocycles. The van der Waals surface area contributed by atoms with Gasteiger partial charge in [0.05, 0.1) is 16.5 Å². The lowest BCUT2D eigenvalue weighted by molar-refractivity contribution is -0.140. The Kier molecular flexibility index (Phi) is 8.81. The molecule has 0 aromatic heterocycles. The molecule has 0 aliphatic rings. The maximum Gasteiger partial charge on any atom is 0.242 e. The van der Waals surface area contributed by atoms with Crippen molar-refractivity contribution >= 4 is 35.0 Å². The molecule has 0 unspecified atom stereocenters. The van der Waals surface area contributed by atoms with Crippen molar-refractivity contribution < 1.29 is 9.59 Å². The van der Waals surface area contributed by atoms with E-state index in [2.05, 4.69) is 12.2 Å². The predicted molar refractivity (Wildman–Crippen MR) is 115 cm³/mol. The average Bonchev–Trinajstić information content (AvgIpc) is 2.69. The lowest BCUT2D eigenvalue weighted by Crippen LogP contribution is -2.48. The molecule has 0 aliphatic heterocycles. The molecule has 0 aliphatic carbocycles. The van der Waals surface area contributed by atoms with E-state index in [1.807, 2.05) is 36.4 Å². The van der Waals surface area contributed by atoms with E-state index in [9.17, 15) is 9.59 Å². The van der Waals surface area contributed by atoms with E-state index < -0.39 is 6.04 Å². The van der Waals surface area contributed by atoms with Crippen molar-refractivity contribution in [1.29, 1.82) is 0 Å². The highest BCUT2D eigenvalue weighted by molar-refractivity contribution is 6.42. The second-order valence-electron chi connectivity index (χ2n) is 6.75. The molecule has 2 aromatic carbocycles. The fraction of sp³-hybridized carbons (Fsp3) is 0.364. The second kappa shape index (κ2) is 11.1. The van der Waals surface area contributed by atoms with Crippen LogP contribution in [0.5, 0.6) is 0 Å². The molecule has 1 atom stereocenters. The molecule has 150 valence electrons. The van der Waals surface area contributed by atoms with E-state index in [0.29, 0.717) is 16.6 Å². The first-order valence-corrected chi connectivity index (χ1v) is 10.2. The number of carbonyl (C=O) groups is 2. The maximum atomic E-state index is 13.0. The van der Waals surface area contributed by atoms with Gasteiger partial charge in [-0.15, -0.1) is 0 Å². The summed E-state index contributed by atoms with van der Waals surface area (Å²) < 4.78 is 0. The van der Waals surface area contributed by atoms with Crippen LogP contribution in [0.2, 0.25) is 10.0 Å². The van der Waals surface area contributed by atoms with Crippen LogP contribution < -0.4 is 5.32 Å². The number of amides is 2. The van der Waals surface area contributed by atoms with Gasteiger partial charge in [-0.3, -0.25) is 9.59 Å². The SMILES string of the molecule is CCCCNC(=O)[C@@H](C)N(Cc1ccc(Cl)c(Cl)c1)C(=O)Cc1ccccc1. The molecule has 0 radical (unpaired) electrons. The standard InChI is InChI=1S/C22H26Cl2N2O2/c1-3-4-12-25-22(28)16(2)26(15-18-10-11-19(23)20(24)13-18)21(27)14-17-8-6-5-7-9-17/h5-11,13,16H,3-4,12,14-15H2,1-2H3,(H,25,28)/t16-/m1/s1. The van der Waals surface area contributed by atoms with Crippen molar-refractivity contribution in [2.24, 2.45) is 0 Å². The third kappa shape index (κ3) is 6.54. The Labute approximate surface area is 176 Å². The van der Waals surface area contributed by atoms with Gasteiger partial charge >= 0.3 is 0 Å². The summed E-state index contributed by atoms with van der Waals surface area (Å²) in [6.07, 6.45) is 2.13. The van der Waals surface area contributed by atoms with E-state index in [1.54, 1.807) is 24.0 Å². The molecule has 2 amide bonds. The number of unbranched alkanes of at least 4 members (excludes halogenated alkanes) is 1. The summed E-state index contributed by atoms with van der Waals surface area (Å²) in [5.41, 5.74) is 1.73. The first-order valence-electron chi connectivity index (χ1n) is 9.47. The first kappa shape index (κ1) is 22.3. The highest BCUT2D eigenvalue weighted by Crippen LogP contribution is 2.24. The first-order chi connectivity index (χ1) is 13.4. The Morgan fingerprint density at radius 2 is 1.75 bits per heavy atom. The van der Waals surface area contributed by atoms with Gasteiger partial charge in [-0.2, -0.15) is 0 Å². The van der Waals surface area contributed by atoms with Crippen LogP contribution in [0, 0.1) is 0 Å². The van der Waals surface area contributed by atoms with Crippen LogP contribution in [0.1, 0.15) is 37.8 Å². The van der Waals surface area contributed by atoms with Crippen LogP contribution in [-0.2, 0) is 22.6 Å². The molecule has 0 saturated carbocycles. The summed E-state index contributed by atoms with van der Waals surface area (Å²) in [5.74, 6) is -0.273. The van der Waals surface area contributed by atoms with E-state index in [1.165, 1.54) is 0 Å². The van der Waals surface area contributed by atoms with Gasteiger partial charge in [0.2, 0.25) is 11.8 Å². The van der Waals surface area contributed by atoms with Gasteiger partial charge in [0, 0.05) is 13.1 Å². The van der Waals surface area contributed by atoms with Crippen molar-refractivity contribution in [2.75, 3.05) is 6.54 Å². The molecule has 0 bridgehead atoms. The van der Waals surface area contributed by atoms with Crippen molar-refractivity contribution in [2.45, 2.75) is 45.7 Å². The molecular formula is C22H26Cl2N2O2. The largest absolute Gasteiger partial charge is 0.354 e. The number of hydrogen-bond acceptors (Lipinski definition) is 2. The summed E-state index contributed by atoms with van der Waals surface area (Å²) in [6.45, 7) is 4.70. The topological polar surface area (TPSA) is 49.4 Å². The zero-order chi connectivity index (χ0) is 20.5. The number of benzene rings is 2. The van der Waals surface area contributed by atoms with Crippen LogP contribution >= 0.6 is 23.2 Å². The zero-order valence-electron chi connectivity index (χ0n) is 16.3. The van der Waals surface area contributed by atoms with Crippen molar-refractivity contribution in [3.05, 3.63) is 69.7 Å². The monoisotopic (exact) mass is 420 g/mol. The number of rotatable bonds is 9. The Morgan fingerprint density at radius 3 is 2.39 bits per heavy atom. The molecule has 4 nitrogen and oxygen atoms in total. The summed E-state index contributed by atoms with van der Waals surface area (Å²) >= 11 is 12.1. The molecule has 0 saturated heterocycles. The summed E-state index contributed by atoms with van der Waals surface area (Å²) in [6, 6.07) is 14.2. The maximum absolute atomic E-state index is 13.0. The second-order valence-corrected chi connectivity index (χ2v) is 7.57. The summed E-state index contributed by atoms with van der Waals surface area (Å²) in [7, 11) is 0. The lowest BCUT2D eigenvalue weighted by atomic mass is 10.1. The van der Waals surface area contributed by atoms with Gasteiger partial charge < -0.3 is 10.2 Å². The van der Waals surface area contributed by atoms with E-state index in [4.69, 9.17) is 23.2 Å². The average molecular weight is 421 g/mol. The van der Waals surface area contributed by atoms with E-state index in [-0.39, 0.29) is 24.8 Å². The van der Waals surface area contributed by atoms with Crippen molar-refractivity contribution in [1.82, 2.24) is 10.2 Å². The number of halogens is 2. The normalized spacial score (nSPS) is 11.7. The summed E-state index contributed by atoms with van der Waals surface area (Å²) in [4.78, 5) is 27.2. The van der Waals surface area contributed by atoms with Gasteiger partial charge in [0.25, 0.3) is 0 Å². The van der Waals surface area contributed by atoms with Crippen LogP contribution in [0.3, 0.4) is 0 Å². The Bertz CT molecular complexity index is 796. The van der Waals surface area contributed by atoms with Crippen molar-refractivity contribution in [3.8, 4) is 0 Å². The fourth-order valence-corrected chi connectivity index (χ4v) is 3.15. The van der Waals surface area contributed by atoms with Gasteiger partial charge in [0.1, 0.15) is 6.04 Å². The van der Waals surface area contributed by atoms with Crippen LogP contribution in [0.25, 0.3) is 0 Å². The van der Waals surface area contributed by atoms with Crippen LogP contribution in [-0.4, -0.2) is 29.3 Å². The zero-order valence-corrected chi connectivity index (χ0v) is 17.8. The highest BCUT2D eigenvalue weighted by Gasteiger charge is 2.26. The minimum Gasteiger partial charge on any atom is -0.354 e. The molecule has 1 N–H and O–H groups in total. The van der Waals surface area contributed by atoms with E-state index in [0.717, 1.165) is 24.0 Å². The minimum absolute atomic E-state index is 0.115. The smallest absolute Gasteiger partial charge is 0.242 e. The molecule has 0 fully saturated rings. The molecule has 6 heteroatoms. The minimum atomic E-state index is -0.595. The van der Waals surface area contributed by atoms with Crippen molar-refractivity contribution in [3.63, 3.8) is 0 Å². The fourth-order valence-electron chi connectivity index (χ4n) is 2.83. The molecule has 2 aromatic rings. The molecular weight excluding hydrogens is 395 g/mol. The van der Waals surface area contributed by atoms with Gasteiger partial charge in [-0.05, 0) is 36.6 Å². The number of nitrogens with one attached hydrogen (secondary N) is 1. The van der Waals surface area contributed by atoms with Gasteiger partial charge in [0.15, 0.2) is 0 Å². The molecule has 28 heavy (non-hydrogen) atoms. The lowest BCUT2D eigenvalue weighted by Gasteiger charge is -2.29.